The van der Waals surface area contributed by atoms with E-state index in [-0.39, 0.29) is 12.5 Å². The molecular weight excluding hydrogens is 356 g/mol. The van der Waals surface area contributed by atoms with Crippen molar-refractivity contribution < 1.29 is 20.1 Å². The van der Waals surface area contributed by atoms with Crippen LogP contribution >= 0.6 is 0 Å². The van der Waals surface area contributed by atoms with Gasteiger partial charge in [0.25, 0.3) is 5.91 Å². The Hall–Kier alpha value is -2.25. The van der Waals surface area contributed by atoms with Crippen LogP contribution in [-0.2, 0) is 0 Å². The van der Waals surface area contributed by atoms with E-state index in [0.717, 1.165) is 17.5 Å². The van der Waals surface area contributed by atoms with E-state index in [0.29, 0.717) is 18.5 Å². The molecule has 2 aromatic carbocycles. The summed E-state index contributed by atoms with van der Waals surface area (Å²) >= 11 is 0. The van der Waals surface area contributed by atoms with Crippen LogP contribution in [0.5, 0.6) is 0 Å². The van der Waals surface area contributed by atoms with Crippen LogP contribution in [0, 0.1) is 0 Å². The molecule has 6 nitrogen and oxygen atoms in total. The highest BCUT2D eigenvalue weighted by Crippen LogP contribution is 2.32. The quantitative estimate of drug-likeness (QED) is 0.633. The van der Waals surface area contributed by atoms with Crippen molar-refractivity contribution in [3.63, 3.8) is 0 Å². The maximum atomic E-state index is 12.5. The third-order valence-corrected chi connectivity index (χ3v) is 5.94. The number of fused-ring (bicyclic) bond motifs is 1. The van der Waals surface area contributed by atoms with E-state index in [9.17, 15) is 20.1 Å². The van der Waals surface area contributed by atoms with Gasteiger partial charge in [-0.25, -0.2) is 0 Å². The molecule has 0 saturated carbocycles. The predicted octanol–water partition coefficient (Wildman–Crippen LogP) is 1.01. The lowest BCUT2D eigenvalue weighted by Crippen LogP contribution is -2.52. The second-order valence-electron chi connectivity index (χ2n) is 7.64. The average molecular weight is 382 g/mol. The number of nitrogens with one attached hydrogen (secondary N) is 1. The molecule has 4 N–H and O–H groups in total. The van der Waals surface area contributed by atoms with E-state index in [1.807, 2.05) is 47.4 Å². The maximum Gasteiger partial charge on any atom is 0.251 e. The molecule has 0 radical (unpaired) electrons. The van der Waals surface area contributed by atoms with Crippen molar-refractivity contribution in [1.82, 2.24) is 10.2 Å². The lowest BCUT2D eigenvalue weighted by Gasteiger charge is -2.37. The monoisotopic (exact) mass is 382 g/mol. The van der Waals surface area contributed by atoms with Crippen LogP contribution in [-0.4, -0.2) is 69.6 Å². The highest BCUT2D eigenvalue weighted by molar-refractivity contribution is 5.94. The molecule has 0 unspecified atom stereocenters. The molecule has 2 heterocycles. The second-order valence-corrected chi connectivity index (χ2v) is 7.64. The number of hydrogen-bond donors (Lipinski definition) is 4. The van der Waals surface area contributed by atoms with E-state index < -0.39 is 30.4 Å². The number of aliphatic hydroxyl groups is 3. The van der Waals surface area contributed by atoms with Crippen molar-refractivity contribution in [2.75, 3.05) is 13.1 Å². The first-order valence-electron chi connectivity index (χ1n) is 9.80. The van der Waals surface area contributed by atoms with Gasteiger partial charge in [0.05, 0.1) is 30.4 Å². The zero-order chi connectivity index (χ0) is 19.7. The molecule has 5 atom stereocenters. The van der Waals surface area contributed by atoms with Gasteiger partial charge in [0.2, 0.25) is 0 Å². The highest BCUT2D eigenvalue weighted by atomic mass is 16.3. The number of rotatable bonds is 4. The zero-order valence-corrected chi connectivity index (χ0v) is 15.6. The first-order valence-corrected chi connectivity index (χ1v) is 9.80. The van der Waals surface area contributed by atoms with Crippen LogP contribution in [0.15, 0.2) is 54.6 Å². The van der Waals surface area contributed by atoms with E-state index in [1.54, 1.807) is 12.1 Å². The first-order chi connectivity index (χ1) is 13.6. The topological polar surface area (TPSA) is 93.0 Å². The van der Waals surface area contributed by atoms with Gasteiger partial charge in [0.1, 0.15) is 0 Å². The Bertz CT molecular complexity index is 811. The van der Waals surface area contributed by atoms with Crippen molar-refractivity contribution in [1.29, 1.82) is 0 Å². The lowest BCUT2D eigenvalue weighted by atomic mass is 9.97. The van der Waals surface area contributed by atoms with Gasteiger partial charge in [-0.15, -0.1) is 0 Å². The molecular formula is C22H26N2O4. The van der Waals surface area contributed by atoms with Crippen LogP contribution in [0.4, 0.5) is 0 Å². The van der Waals surface area contributed by atoms with E-state index in [4.69, 9.17) is 0 Å². The number of carbonyl (C=O) groups excluding carboxylic acids is 1. The third-order valence-electron chi connectivity index (χ3n) is 5.94. The van der Waals surface area contributed by atoms with Crippen LogP contribution in [0.25, 0.3) is 11.1 Å². The molecule has 6 heteroatoms. The third kappa shape index (κ3) is 3.56. The highest BCUT2D eigenvalue weighted by Gasteiger charge is 2.51. The summed E-state index contributed by atoms with van der Waals surface area (Å²) in [5, 5.41) is 33.7. The molecule has 2 aliphatic rings. The molecule has 28 heavy (non-hydrogen) atoms. The van der Waals surface area contributed by atoms with Crippen molar-refractivity contribution >= 4 is 5.91 Å². The summed E-state index contributed by atoms with van der Waals surface area (Å²) in [5.74, 6) is -0.220. The SMILES string of the molecule is O=C(NC[C@@H]1[C@@H](O)[C@@H](O)[C@H]2[C@H](O)CCCN21)c1ccc(-c2ccccc2)cc1. The van der Waals surface area contributed by atoms with Crippen LogP contribution < -0.4 is 5.32 Å². The molecule has 0 bridgehead atoms. The minimum absolute atomic E-state index is 0.220. The lowest BCUT2D eigenvalue weighted by molar-refractivity contribution is -0.0291. The Morgan fingerprint density at radius 3 is 2.36 bits per heavy atom. The number of carbonyl (C=O) groups is 1. The number of piperidine rings is 1. The Morgan fingerprint density at radius 2 is 1.64 bits per heavy atom. The van der Waals surface area contributed by atoms with Gasteiger partial charge < -0.3 is 20.6 Å². The maximum absolute atomic E-state index is 12.5. The van der Waals surface area contributed by atoms with Crippen molar-refractivity contribution in [3.05, 3.63) is 60.2 Å². The standard InChI is InChI=1S/C22H26N2O4/c25-18-7-4-12-24-17(20(26)21(27)19(18)24)13-23-22(28)16-10-8-15(9-11-16)14-5-2-1-3-6-14/h1-3,5-6,8-11,17-21,25-27H,4,7,12-13H2,(H,23,28)/t17-,18-,19-,20-,21+/m1/s1. The van der Waals surface area contributed by atoms with Gasteiger partial charge in [-0.05, 0) is 42.6 Å². The first kappa shape index (κ1) is 19.1. The van der Waals surface area contributed by atoms with Gasteiger partial charge in [0, 0.05) is 12.1 Å². The van der Waals surface area contributed by atoms with Gasteiger partial charge in [-0.1, -0.05) is 42.5 Å². The Labute approximate surface area is 164 Å². The van der Waals surface area contributed by atoms with Crippen molar-refractivity contribution in [2.24, 2.45) is 0 Å². The molecule has 4 rings (SSSR count). The minimum atomic E-state index is -0.998. The van der Waals surface area contributed by atoms with Crippen LogP contribution in [0.2, 0.25) is 0 Å². The zero-order valence-electron chi connectivity index (χ0n) is 15.6. The molecule has 1 amide bonds. The molecule has 2 aliphatic heterocycles. The van der Waals surface area contributed by atoms with Gasteiger partial charge in [0.15, 0.2) is 0 Å². The summed E-state index contributed by atoms with van der Waals surface area (Å²) in [6, 6.07) is 16.5. The molecule has 0 spiro atoms. The largest absolute Gasteiger partial charge is 0.391 e. The van der Waals surface area contributed by atoms with E-state index >= 15 is 0 Å². The molecule has 2 fully saturated rings. The minimum Gasteiger partial charge on any atom is -0.391 e. The number of nitrogens with zero attached hydrogens (tertiary/aromatic N) is 1. The summed E-state index contributed by atoms with van der Waals surface area (Å²) in [4.78, 5) is 14.5. The van der Waals surface area contributed by atoms with Crippen molar-refractivity contribution in [2.45, 2.75) is 43.2 Å². The number of hydrogen-bond acceptors (Lipinski definition) is 5. The average Bonchev–Trinajstić information content (AvgIpc) is 2.98. The molecule has 148 valence electrons. The fourth-order valence-electron chi connectivity index (χ4n) is 4.44. The summed E-state index contributed by atoms with van der Waals surface area (Å²) in [5.41, 5.74) is 2.67. The normalized spacial score (nSPS) is 30.0. The Kier molecular flexibility index (Phi) is 5.46. The van der Waals surface area contributed by atoms with Gasteiger partial charge in [-0.3, -0.25) is 9.69 Å². The van der Waals surface area contributed by atoms with Gasteiger partial charge >= 0.3 is 0 Å². The molecule has 2 saturated heterocycles. The number of aliphatic hydroxyl groups excluding tert-OH is 3. The summed E-state index contributed by atoms with van der Waals surface area (Å²) in [6.07, 6.45) is -1.20. The molecule has 0 aromatic heterocycles. The Balaban J connectivity index is 1.40. The summed E-state index contributed by atoms with van der Waals surface area (Å²) in [6.45, 7) is 0.920. The van der Waals surface area contributed by atoms with Crippen molar-refractivity contribution in [3.8, 4) is 11.1 Å². The smallest absolute Gasteiger partial charge is 0.251 e. The van der Waals surface area contributed by atoms with Gasteiger partial charge in [-0.2, -0.15) is 0 Å². The summed E-state index contributed by atoms with van der Waals surface area (Å²) in [7, 11) is 0. The van der Waals surface area contributed by atoms with Crippen LogP contribution in [0.3, 0.4) is 0 Å². The summed E-state index contributed by atoms with van der Waals surface area (Å²) < 4.78 is 0. The number of amides is 1. The number of benzene rings is 2. The molecule has 2 aromatic rings. The predicted molar refractivity (Wildman–Crippen MR) is 106 cm³/mol. The van der Waals surface area contributed by atoms with Crippen LogP contribution in [0.1, 0.15) is 23.2 Å². The fraction of sp³-hybridized carbons (Fsp3) is 0.409. The second kappa shape index (κ2) is 8.01. The van der Waals surface area contributed by atoms with E-state index in [2.05, 4.69) is 5.32 Å². The van der Waals surface area contributed by atoms with E-state index in [1.165, 1.54) is 0 Å². The molecule has 0 aliphatic carbocycles. The Morgan fingerprint density at radius 1 is 0.964 bits per heavy atom. The fourth-order valence-corrected chi connectivity index (χ4v) is 4.44.